The summed E-state index contributed by atoms with van der Waals surface area (Å²) in [5.41, 5.74) is 6.11. The molecule has 0 radical (unpaired) electrons. The van der Waals surface area contributed by atoms with E-state index in [1.165, 1.54) is 18.3 Å². The molecule has 1 atom stereocenters. The van der Waals surface area contributed by atoms with Crippen LogP contribution in [0.1, 0.15) is 22.5 Å². The van der Waals surface area contributed by atoms with Crippen molar-refractivity contribution < 1.29 is 23.1 Å². The first kappa shape index (κ1) is 17.1. The molecule has 1 amide bonds. The van der Waals surface area contributed by atoms with Gasteiger partial charge >= 0.3 is 5.97 Å². The summed E-state index contributed by atoms with van der Waals surface area (Å²) < 4.78 is 22.0. The number of carbonyl (C=O) groups excluding carboxylic acids is 1. The first-order valence-corrected chi connectivity index (χ1v) is 8.14. The molecule has 0 fully saturated rings. The number of nitrogens with two attached hydrogens (primary N) is 1. The molecule has 1 heterocycles. The van der Waals surface area contributed by atoms with Gasteiger partial charge in [0.05, 0.1) is 11.8 Å². The third-order valence-electron chi connectivity index (χ3n) is 2.65. The van der Waals surface area contributed by atoms with Crippen LogP contribution in [0.4, 0.5) is 0 Å². The molecular weight excluding hydrogens is 298 g/mol. The van der Waals surface area contributed by atoms with E-state index in [4.69, 9.17) is 10.8 Å². The second kappa shape index (κ2) is 7.14. The number of aromatic carboxylic acids is 1. The Labute approximate surface area is 122 Å². The van der Waals surface area contributed by atoms with Gasteiger partial charge in [-0.25, -0.2) is 18.2 Å². The van der Waals surface area contributed by atoms with Gasteiger partial charge in [-0.1, -0.05) is 6.07 Å². The Morgan fingerprint density at radius 2 is 2.10 bits per heavy atom. The molecule has 4 N–H and O–H groups in total. The van der Waals surface area contributed by atoms with Gasteiger partial charge in [-0.2, -0.15) is 0 Å². The maximum Gasteiger partial charge on any atom is 0.354 e. The molecule has 116 valence electrons. The molecule has 9 heteroatoms. The molecule has 0 saturated carbocycles. The number of aromatic nitrogens is 1. The number of carbonyl (C=O) groups is 2. The van der Waals surface area contributed by atoms with E-state index < -0.39 is 27.8 Å². The molecule has 1 aromatic rings. The van der Waals surface area contributed by atoms with E-state index in [0.717, 1.165) is 6.26 Å². The number of carboxylic acid groups (broad SMARTS) is 1. The van der Waals surface area contributed by atoms with Gasteiger partial charge in [0.2, 0.25) is 5.91 Å². The molecule has 0 aromatic carbocycles. The topological polar surface area (TPSA) is 139 Å². The fourth-order valence-electron chi connectivity index (χ4n) is 1.45. The van der Waals surface area contributed by atoms with Crippen molar-refractivity contribution in [3.63, 3.8) is 0 Å². The Bertz CT molecular complexity index is 612. The average molecular weight is 315 g/mol. The normalized spacial score (nSPS) is 12.7. The van der Waals surface area contributed by atoms with Crippen LogP contribution in [0.3, 0.4) is 0 Å². The van der Waals surface area contributed by atoms with Crippen molar-refractivity contribution in [1.29, 1.82) is 0 Å². The highest BCUT2D eigenvalue weighted by atomic mass is 32.2. The fourth-order valence-corrected chi connectivity index (χ4v) is 2.13. The summed E-state index contributed by atoms with van der Waals surface area (Å²) in [5, 5.41) is 11.2. The van der Waals surface area contributed by atoms with Gasteiger partial charge in [0.25, 0.3) is 0 Å². The largest absolute Gasteiger partial charge is 0.477 e. The van der Waals surface area contributed by atoms with Crippen LogP contribution in [-0.2, 0) is 21.2 Å². The number of carboxylic acids is 1. The van der Waals surface area contributed by atoms with Gasteiger partial charge in [-0.3, -0.25) is 4.79 Å². The number of pyridine rings is 1. The van der Waals surface area contributed by atoms with Crippen molar-refractivity contribution in [3.8, 4) is 0 Å². The molecule has 0 spiro atoms. The molecule has 21 heavy (non-hydrogen) atoms. The van der Waals surface area contributed by atoms with Crippen LogP contribution >= 0.6 is 0 Å². The van der Waals surface area contributed by atoms with Crippen molar-refractivity contribution in [3.05, 3.63) is 29.6 Å². The average Bonchev–Trinajstić information content (AvgIpc) is 2.41. The van der Waals surface area contributed by atoms with Crippen LogP contribution in [0, 0.1) is 0 Å². The van der Waals surface area contributed by atoms with E-state index in [9.17, 15) is 18.0 Å². The molecule has 1 aromatic heterocycles. The summed E-state index contributed by atoms with van der Waals surface area (Å²) in [6.45, 7) is 0.137. The predicted octanol–water partition coefficient (Wildman–Crippen LogP) is -0.842. The van der Waals surface area contributed by atoms with Crippen LogP contribution in [0.25, 0.3) is 0 Å². The maximum atomic E-state index is 11.7. The summed E-state index contributed by atoms with van der Waals surface area (Å²) in [7, 11) is -3.16. The number of amides is 1. The van der Waals surface area contributed by atoms with Crippen molar-refractivity contribution in [2.75, 3.05) is 12.0 Å². The molecule has 1 rings (SSSR count). The monoisotopic (exact) mass is 315 g/mol. The smallest absolute Gasteiger partial charge is 0.354 e. The lowest BCUT2D eigenvalue weighted by Gasteiger charge is -2.11. The first-order valence-electron chi connectivity index (χ1n) is 6.08. The fraction of sp³-hybridized carbons (Fsp3) is 0.417. The Morgan fingerprint density at radius 3 is 2.57 bits per heavy atom. The van der Waals surface area contributed by atoms with Crippen molar-refractivity contribution in [1.82, 2.24) is 10.3 Å². The zero-order chi connectivity index (χ0) is 16.0. The van der Waals surface area contributed by atoms with Gasteiger partial charge in [0.1, 0.15) is 15.5 Å². The third-order valence-corrected chi connectivity index (χ3v) is 3.62. The zero-order valence-electron chi connectivity index (χ0n) is 11.4. The van der Waals surface area contributed by atoms with E-state index >= 15 is 0 Å². The molecule has 1 unspecified atom stereocenters. The molecular formula is C12H17N3O5S. The Morgan fingerprint density at radius 1 is 1.43 bits per heavy atom. The molecule has 0 bridgehead atoms. The molecule has 0 saturated heterocycles. The highest BCUT2D eigenvalue weighted by molar-refractivity contribution is 7.90. The quantitative estimate of drug-likeness (QED) is 0.596. The van der Waals surface area contributed by atoms with Crippen LogP contribution in [0.2, 0.25) is 0 Å². The second-order valence-electron chi connectivity index (χ2n) is 4.60. The molecule has 0 aliphatic rings. The van der Waals surface area contributed by atoms with E-state index in [0.29, 0.717) is 5.56 Å². The lowest BCUT2D eigenvalue weighted by molar-refractivity contribution is -0.122. The van der Waals surface area contributed by atoms with E-state index in [2.05, 4.69) is 10.3 Å². The van der Waals surface area contributed by atoms with Gasteiger partial charge in [-0.05, 0) is 18.1 Å². The van der Waals surface area contributed by atoms with Crippen LogP contribution in [0.5, 0.6) is 0 Å². The lowest BCUT2D eigenvalue weighted by Crippen LogP contribution is -2.41. The van der Waals surface area contributed by atoms with Gasteiger partial charge < -0.3 is 16.2 Å². The lowest BCUT2D eigenvalue weighted by atomic mass is 10.2. The van der Waals surface area contributed by atoms with Gasteiger partial charge in [-0.15, -0.1) is 0 Å². The molecule has 8 nitrogen and oxygen atoms in total. The SMILES string of the molecule is CS(=O)(=O)CCC(N)C(=O)NCc1ccc(C(=O)O)nc1. The van der Waals surface area contributed by atoms with Gasteiger partial charge in [0.15, 0.2) is 0 Å². The Balaban J connectivity index is 2.47. The summed E-state index contributed by atoms with van der Waals surface area (Å²) >= 11 is 0. The summed E-state index contributed by atoms with van der Waals surface area (Å²) in [6, 6.07) is 1.94. The minimum absolute atomic E-state index is 0.0425. The van der Waals surface area contributed by atoms with Gasteiger partial charge in [0, 0.05) is 19.0 Å². The Hall–Kier alpha value is -2.00. The molecule has 0 aliphatic heterocycles. The van der Waals surface area contributed by atoms with Crippen molar-refractivity contribution in [2.24, 2.45) is 5.73 Å². The number of hydrogen-bond acceptors (Lipinski definition) is 6. The minimum Gasteiger partial charge on any atom is -0.477 e. The number of sulfone groups is 1. The summed E-state index contributed by atoms with van der Waals surface area (Å²) in [6.07, 6.45) is 2.46. The minimum atomic E-state index is -3.16. The van der Waals surface area contributed by atoms with Crippen molar-refractivity contribution in [2.45, 2.75) is 19.0 Å². The molecule has 0 aliphatic carbocycles. The highest BCUT2D eigenvalue weighted by Crippen LogP contribution is 2.01. The first-order chi connectivity index (χ1) is 9.69. The van der Waals surface area contributed by atoms with E-state index in [1.807, 2.05) is 0 Å². The third kappa shape index (κ3) is 6.32. The second-order valence-corrected chi connectivity index (χ2v) is 6.86. The highest BCUT2D eigenvalue weighted by Gasteiger charge is 2.15. The van der Waals surface area contributed by atoms with Crippen LogP contribution in [0.15, 0.2) is 18.3 Å². The number of nitrogens with one attached hydrogen (secondary N) is 1. The van der Waals surface area contributed by atoms with E-state index in [-0.39, 0.29) is 24.4 Å². The number of rotatable bonds is 7. The van der Waals surface area contributed by atoms with E-state index in [1.54, 1.807) is 0 Å². The standard InChI is InChI=1S/C12H17N3O5S/c1-21(19,20)5-4-9(13)11(16)15-7-8-2-3-10(12(17)18)14-6-8/h2-3,6,9H,4-5,7,13H2,1H3,(H,15,16)(H,17,18). The summed E-state index contributed by atoms with van der Waals surface area (Å²) in [4.78, 5) is 26.0. The Kier molecular flexibility index (Phi) is 5.79. The predicted molar refractivity (Wildman–Crippen MR) is 75.3 cm³/mol. The summed E-state index contributed by atoms with van der Waals surface area (Å²) in [5.74, 6) is -1.76. The number of nitrogens with zero attached hydrogens (tertiary/aromatic N) is 1. The van der Waals surface area contributed by atoms with Crippen molar-refractivity contribution >= 4 is 21.7 Å². The number of hydrogen-bond donors (Lipinski definition) is 3. The van der Waals surface area contributed by atoms with Crippen LogP contribution in [-0.4, -0.2) is 48.4 Å². The van der Waals surface area contributed by atoms with Crippen LogP contribution < -0.4 is 11.1 Å². The maximum absolute atomic E-state index is 11.7. The zero-order valence-corrected chi connectivity index (χ0v) is 12.3.